The molecule has 0 bridgehead atoms. The molecular weight excluding hydrogens is 186 g/mol. The van der Waals surface area contributed by atoms with Gasteiger partial charge in [-0.3, -0.25) is 0 Å². The Bertz CT molecular complexity index is 155. The van der Waals surface area contributed by atoms with Gasteiger partial charge in [0.15, 0.2) is 0 Å². The second kappa shape index (κ2) is 7.24. The van der Waals surface area contributed by atoms with E-state index in [1.165, 1.54) is 32.1 Å². The zero-order chi connectivity index (χ0) is 11.1. The maximum absolute atomic E-state index is 10.1. The van der Waals surface area contributed by atoms with Gasteiger partial charge >= 0.3 is 0 Å². The predicted molar refractivity (Wildman–Crippen MR) is 65.0 cm³/mol. The Kier molecular flexibility index (Phi) is 6.26. The largest absolute Gasteiger partial charge is 0.391 e. The third kappa shape index (κ3) is 4.52. The molecule has 1 aliphatic rings. The molecule has 0 radical (unpaired) electrons. The summed E-state index contributed by atoms with van der Waals surface area (Å²) in [6.07, 6.45) is 8.35. The number of aliphatic hydroxyl groups is 1. The van der Waals surface area contributed by atoms with E-state index >= 15 is 0 Å². The van der Waals surface area contributed by atoms with Gasteiger partial charge in [-0.1, -0.05) is 39.5 Å². The lowest BCUT2D eigenvalue weighted by Crippen LogP contribution is -2.36. The summed E-state index contributed by atoms with van der Waals surface area (Å²) < 4.78 is 0. The molecule has 1 saturated heterocycles. The normalized spacial score (nSPS) is 25.4. The lowest BCUT2D eigenvalue weighted by molar-refractivity contribution is 0.104. The average Bonchev–Trinajstić information content (AvgIpc) is 2.77. The topological polar surface area (TPSA) is 32.3 Å². The van der Waals surface area contributed by atoms with Crippen LogP contribution in [-0.2, 0) is 0 Å². The lowest BCUT2D eigenvalue weighted by Gasteiger charge is -2.23. The van der Waals surface area contributed by atoms with E-state index in [0.717, 1.165) is 25.3 Å². The van der Waals surface area contributed by atoms with Gasteiger partial charge in [0, 0.05) is 6.04 Å². The van der Waals surface area contributed by atoms with Crippen LogP contribution in [0.3, 0.4) is 0 Å². The number of hydrogen-bond acceptors (Lipinski definition) is 2. The highest BCUT2D eigenvalue weighted by molar-refractivity contribution is 4.82. The number of nitrogens with one attached hydrogen (secondary N) is 1. The van der Waals surface area contributed by atoms with Crippen molar-refractivity contribution in [3.05, 3.63) is 0 Å². The van der Waals surface area contributed by atoms with Gasteiger partial charge in [-0.15, -0.1) is 0 Å². The van der Waals surface area contributed by atoms with E-state index in [2.05, 4.69) is 19.2 Å². The molecule has 0 amide bonds. The third-order valence-electron chi connectivity index (χ3n) is 3.68. The highest BCUT2D eigenvalue weighted by atomic mass is 16.3. The molecule has 1 heterocycles. The first-order valence-electron chi connectivity index (χ1n) is 6.69. The second-order valence-corrected chi connectivity index (χ2v) is 4.92. The van der Waals surface area contributed by atoms with Crippen molar-refractivity contribution in [2.45, 2.75) is 70.9 Å². The van der Waals surface area contributed by atoms with Crippen LogP contribution in [0.15, 0.2) is 0 Å². The van der Waals surface area contributed by atoms with Crippen molar-refractivity contribution >= 4 is 0 Å². The monoisotopic (exact) mass is 213 g/mol. The van der Waals surface area contributed by atoms with Gasteiger partial charge in [0.25, 0.3) is 0 Å². The van der Waals surface area contributed by atoms with E-state index in [4.69, 9.17) is 0 Å². The summed E-state index contributed by atoms with van der Waals surface area (Å²) in [5.41, 5.74) is 0. The van der Waals surface area contributed by atoms with E-state index in [1.54, 1.807) is 0 Å². The van der Waals surface area contributed by atoms with Gasteiger partial charge < -0.3 is 10.4 Å². The number of rotatable bonds is 7. The van der Waals surface area contributed by atoms with Crippen molar-refractivity contribution < 1.29 is 5.11 Å². The summed E-state index contributed by atoms with van der Waals surface area (Å²) in [4.78, 5) is 0. The highest BCUT2D eigenvalue weighted by Crippen LogP contribution is 2.22. The van der Waals surface area contributed by atoms with Crippen molar-refractivity contribution in [1.82, 2.24) is 5.32 Å². The molecule has 90 valence electrons. The van der Waals surface area contributed by atoms with Crippen LogP contribution < -0.4 is 5.32 Å². The zero-order valence-electron chi connectivity index (χ0n) is 10.3. The Labute approximate surface area is 94.5 Å². The molecule has 2 nitrogen and oxygen atoms in total. The summed E-state index contributed by atoms with van der Waals surface area (Å²) in [5, 5.41) is 13.5. The molecule has 0 saturated carbocycles. The first-order valence-corrected chi connectivity index (χ1v) is 6.69. The Balaban J connectivity index is 2.23. The minimum Gasteiger partial charge on any atom is -0.391 e. The van der Waals surface area contributed by atoms with Gasteiger partial charge in [0.2, 0.25) is 0 Å². The Hall–Kier alpha value is -0.0800. The number of aliphatic hydroxyl groups excluding tert-OH is 1. The van der Waals surface area contributed by atoms with E-state index in [-0.39, 0.29) is 6.10 Å². The molecule has 2 heteroatoms. The van der Waals surface area contributed by atoms with Crippen LogP contribution in [0.2, 0.25) is 0 Å². The average molecular weight is 213 g/mol. The molecule has 0 aromatic carbocycles. The fraction of sp³-hybridized carbons (Fsp3) is 1.00. The molecule has 1 fully saturated rings. The van der Waals surface area contributed by atoms with Crippen LogP contribution in [-0.4, -0.2) is 23.8 Å². The van der Waals surface area contributed by atoms with Crippen LogP contribution in [0.5, 0.6) is 0 Å². The molecule has 0 spiro atoms. The highest BCUT2D eigenvalue weighted by Gasteiger charge is 2.24. The molecule has 3 unspecified atom stereocenters. The quantitative estimate of drug-likeness (QED) is 0.681. The third-order valence-corrected chi connectivity index (χ3v) is 3.68. The van der Waals surface area contributed by atoms with Crippen molar-refractivity contribution in [2.75, 3.05) is 6.54 Å². The first kappa shape index (κ1) is 13.0. The molecule has 0 aromatic rings. The van der Waals surface area contributed by atoms with Gasteiger partial charge in [0.05, 0.1) is 6.10 Å². The van der Waals surface area contributed by atoms with Crippen LogP contribution in [0.1, 0.15) is 58.8 Å². The van der Waals surface area contributed by atoms with E-state index in [9.17, 15) is 5.11 Å². The van der Waals surface area contributed by atoms with Crippen LogP contribution >= 0.6 is 0 Å². The summed E-state index contributed by atoms with van der Waals surface area (Å²) in [6, 6.07) is 0.376. The molecular formula is C13H27NO. The van der Waals surface area contributed by atoms with Crippen molar-refractivity contribution in [3.8, 4) is 0 Å². The minimum atomic E-state index is -0.116. The summed E-state index contributed by atoms with van der Waals surface area (Å²) >= 11 is 0. The van der Waals surface area contributed by atoms with E-state index < -0.39 is 0 Å². The van der Waals surface area contributed by atoms with Gasteiger partial charge in [-0.05, 0) is 31.7 Å². The van der Waals surface area contributed by atoms with E-state index in [0.29, 0.717) is 6.04 Å². The number of hydrogen-bond donors (Lipinski definition) is 2. The summed E-state index contributed by atoms with van der Waals surface area (Å²) in [6.45, 7) is 5.57. The van der Waals surface area contributed by atoms with Crippen LogP contribution in [0.25, 0.3) is 0 Å². The lowest BCUT2D eigenvalue weighted by atomic mass is 9.90. The summed E-state index contributed by atoms with van der Waals surface area (Å²) in [7, 11) is 0. The van der Waals surface area contributed by atoms with Crippen molar-refractivity contribution in [3.63, 3.8) is 0 Å². The summed E-state index contributed by atoms with van der Waals surface area (Å²) in [5.74, 6) is 0.724. The maximum Gasteiger partial charge on any atom is 0.0695 e. The molecule has 3 atom stereocenters. The van der Waals surface area contributed by atoms with Gasteiger partial charge in [-0.2, -0.15) is 0 Å². The second-order valence-electron chi connectivity index (χ2n) is 4.92. The predicted octanol–water partition coefficient (Wildman–Crippen LogP) is 2.71. The Morgan fingerprint density at radius 3 is 2.73 bits per heavy atom. The standard InChI is InChI=1S/C13H27NO/c1-3-5-7-11(4-2)10-13(15)12-8-6-9-14-12/h11-15H,3-10H2,1-2H3. The minimum absolute atomic E-state index is 0.116. The molecule has 0 aliphatic carbocycles. The fourth-order valence-corrected chi connectivity index (χ4v) is 2.53. The zero-order valence-corrected chi connectivity index (χ0v) is 10.3. The van der Waals surface area contributed by atoms with Crippen molar-refractivity contribution in [1.29, 1.82) is 0 Å². The molecule has 2 N–H and O–H groups in total. The van der Waals surface area contributed by atoms with Crippen molar-refractivity contribution in [2.24, 2.45) is 5.92 Å². The maximum atomic E-state index is 10.1. The SMILES string of the molecule is CCCCC(CC)CC(O)C1CCCN1. The number of unbranched alkanes of at least 4 members (excludes halogenated alkanes) is 1. The fourth-order valence-electron chi connectivity index (χ4n) is 2.53. The van der Waals surface area contributed by atoms with Gasteiger partial charge in [0.1, 0.15) is 0 Å². The van der Waals surface area contributed by atoms with Crippen LogP contribution in [0, 0.1) is 5.92 Å². The van der Waals surface area contributed by atoms with Gasteiger partial charge in [-0.25, -0.2) is 0 Å². The van der Waals surface area contributed by atoms with Crippen LogP contribution in [0.4, 0.5) is 0 Å². The molecule has 1 rings (SSSR count). The Morgan fingerprint density at radius 1 is 1.40 bits per heavy atom. The molecule has 1 aliphatic heterocycles. The molecule has 0 aromatic heterocycles. The molecule has 15 heavy (non-hydrogen) atoms. The Morgan fingerprint density at radius 2 is 2.20 bits per heavy atom. The first-order chi connectivity index (χ1) is 7.27. The smallest absolute Gasteiger partial charge is 0.0695 e. The van der Waals surface area contributed by atoms with E-state index in [1.807, 2.05) is 0 Å².